The molecule has 1 saturated heterocycles. The van der Waals surface area contributed by atoms with E-state index in [0.29, 0.717) is 30.2 Å². The first-order valence-corrected chi connectivity index (χ1v) is 9.29. The summed E-state index contributed by atoms with van der Waals surface area (Å²) < 4.78 is 12.6. The van der Waals surface area contributed by atoms with Crippen molar-refractivity contribution in [2.24, 2.45) is 0 Å². The molecule has 0 atom stereocenters. The lowest BCUT2D eigenvalue weighted by Gasteiger charge is -2.31. The van der Waals surface area contributed by atoms with Crippen molar-refractivity contribution in [2.45, 2.75) is 18.9 Å². The molecule has 0 saturated carbocycles. The lowest BCUT2D eigenvalue weighted by atomic mass is 10.0. The van der Waals surface area contributed by atoms with Crippen molar-refractivity contribution in [2.75, 3.05) is 19.9 Å². The third-order valence-electron chi connectivity index (χ3n) is 5.21. The highest BCUT2D eigenvalue weighted by Crippen LogP contribution is 2.33. The molecule has 1 fully saturated rings. The van der Waals surface area contributed by atoms with Crippen LogP contribution in [0.5, 0.6) is 11.5 Å². The zero-order valence-electron chi connectivity index (χ0n) is 15.2. The van der Waals surface area contributed by atoms with Crippen molar-refractivity contribution >= 4 is 5.91 Å². The molecule has 3 aromatic rings. The smallest absolute Gasteiger partial charge is 0.253 e. The van der Waals surface area contributed by atoms with E-state index in [2.05, 4.69) is 15.3 Å². The fourth-order valence-corrected chi connectivity index (χ4v) is 3.65. The van der Waals surface area contributed by atoms with Gasteiger partial charge in [0.05, 0.1) is 12.2 Å². The third-order valence-corrected chi connectivity index (χ3v) is 5.21. The van der Waals surface area contributed by atoms with E-state index in [0.717, 1.165) is 24.1 Å². The molecule has 0 radical (unpaired) electrons. The van der Waals surface area contributed by atoms with Crippen LogP contribution in [0, 0.1) is 0 Å². The minimum absolute atomic E-state index is 0.0198. The Hall–Kier alpha value is -3.42. The summed E-state index contributed by atoms with van der Waals surface area (Å²) in [5.41, 5.74) is 2.39. The average Bonchev–Trinajstić information content (AvgIpc) is 3.43. The largest absolute Gasteiger partial charge is 0.454 e. The maximum Gasteiger partial charge on any atom is 0.253 e. The Kier molecular flexibility index (Phi) is 4.16. The number of amides is 1. The highest BCUT2D eigenvalue weighted by Gasteiger charge is 2.26. The summed E-state index contributed by atoms with van der Waals surface area (Å²) in [6.07, 6.45) is 7.15. The molecule has 0 unspecified atom stereocenters. The number of hydrogen-bond acceptors (Lipinski definition) is 6. The van der Waals surface area contributed by atoms with Crippen LogP contribution in [0.3, 0.4) is 0 Å². The summed E-state index contributed by atoms with van der Waals surface area (Å²) in [6, 6.07) is 9.42. The summed E-state index contributed by atoms with van der Waals surface area (Å²) in [7, 11) is 0. The van der Waals surface area contributed by atoms with Gasteiger partial charge in [0.25, 0.3) is 5.91 Å². The van der Waals surface area contributed by atoms with Crippen LogP contribution in [0.2, 0.25) is 0 Å². The minimum atomic E-state index is 0.0198. The molecule has 8 nitrogen and oxygen atoms in total. The van der Waals surface area contributed by atoms with Gasteiger partial charge in [0.15, 0.2) is 11.5 Å². The van der Waals surface area contributed by atoms with Crippen LogP contribution < -0.4 is 9.47 Å². The Morgan fingerprint density at radius 1 is 1.11 bits per heavy atom. The van der Waals surface area contributed by atoms with Crippen molar-refractivity contribution in [3.05, 3.63) is 54.5 Å². The van der Waals surface area contributed by atoms with Crippen molar-refractivity contribution in [1.29, 1.82) is 0 Å². The summed E-state index contributed by atoms with van der Waals surface area (Å²) in [4.78, 5) is 18.8. The first-order valence-electron chi connectivity index (χ1n) is 9.29. The maximum atomic E-state index is 12.8. The van der Waals surface area contributed by atoms with Gasteiger partial charge in [-0.3, -0.25) is 9.78 Å². The van der Waals surface area contributed by atoms with Crippen LogP contribution in [-0.2, 0) is 0 Å². The van der Waals surface area contributed by atoms with Gasteiger partial charge in [-0.1, -0.05) is 5.21 Å². The Balaban J connectivity index is 1.24. The van der Waals surface area contributed by atoms with E-state index in [1.807, 2.05) is 27.9 Å². The predicted octanol–water partition coefficient (Wildman–Crippen LogP) is 2.55. The van der Waals surface area contributed by atoms with Crippen LogP contribution >= 0.6 is 0 Å². The SMILES string of the molecule is O=C(c1ccc2c(c1)OCO2)N1CCC(n2cc(-c3cccnc3)nn2)CC1. The predicted molar refractivity (Wildman–Crippen MR) is 100.0 cm³/mol. The lowest BCUT2D eigenvalue weighted by molar-refractivity contribution is 0.0689. The van der Waals surface area contributed by atoms with Crippen molar-refractivity contribution in [1.82, 2.24) is 24.9 Å². The van der Waals surface area contributed by atoms with Crippen molar-refractivity contribution in [3.63, 3.8) is 0 Å². The number of rotatable bonds is 3. The number of nitrogens with zero attached hydrogens (tertiary/aromatic N) is 5. The molecular formula is C20H19N5O3. The molecular weight excluding hydrogens is 358 g/mol. The van der Waals surface area contributed by atoms with E-state index in [1.165, 1.54) is 0 Å². The van der Waals surface area contributed by atoms with Gasteiger partial charge >= 0.3 is 0 Å². The molecule has 5 rings (SSSR count). The van der Waals surface area contributed by atoms with Crippen LogP contribution in [0.15, 0.2) is 48.9 Å². The van der Waals surface area contributed by atoms with Gasteiger partial charge in [-0.2, -0.15) is 0 Å². The Bertz CT molecular complexity index is 996. The molecule has 2 aliphatic rings. The average molecular weight is 377 g/mol. The number of piperidine rings is 1. The van der Waals surface area contributed by atoms with E-state index >= 15 is 0 Å². The normalized spacial score (nSPS) is 16.4. The number of pyridine rings is 1. The van der Waals surface area contributed by atoms with Crippen LogP contribution in [-0.4, -0.2) is 50.7 Å². The minimum Gasteiger partial charge on any atom is -0.454 e. The standard InChI is InChI=1S/C20H19N5O3/c26-20(14-3-4-18-19(10-14)28-13-27-18)24-8-5-16(6-9-24)25-12-17(22-23-25)15-2-1-7-21-11-15/h1-4,7,10-12,16H,5-6,8-9,13H2. The second-order valence-electron chi connectivity index (χ2n) is 6.92. The zero-order chi connectivity index (χ0) is 18.9. The van der Waals surface area contributed by atoms with Gasteiger partial charge in [-0.15, -0.1) is 5.10 Å². The number of carbonyl (C=O) groups is 1. The Morgan fingerprint density at radius 2 is 1.96 bits per heavy atom. The third kappa shape index (κ3) is 3.06. The molecule has 0 spiro atoms. The van der Waals surface area contributed by atoms with E-state index in [-0.39, 0.29) is 18.7 Å². The summed E-state index contributed by atoms with van der Waals surface area (Å²) >= 11 is 0. The van der Waals surface area contributed by atoms with Gasteiger partial charge in [-0.25, -0.2) is 4.68 Å². The zero-order valence-corrected chi connectivity index (χ0v) is 15.2. The van der Waals surface area contributed by atoms with E-state index in [9.17, 15) is 4.79 Å². The molecule has 1 aromatic carbocycles. The topological polar surface area (TPSA) is 82.4 Å². The molecule has 2 aromatic heterocycles. The molecule has 0 N–H and O–H groups in total. The number of benzene rings is 1. The number of likely N-dealkylation sites (tertiary alicyclic amines) is 1. The molecule has 0 bridgehead atoms. The number of fused-ring (bicyclic) bond motifs is 1. The van der Waals surface area contributed by atoms with Gasteiger partial charge < -0.3 is 14.4 Å². The van der Waals surface area contributed by atoms with Crippen LogP contribution in [0.1, 0.15) is 29.2 Å². The number of carbonyl (C=O) groups excluding carboxylic acids is 1. The van der Waals surface area contributed by atoms with E-state index < -0.39 is 0 Å². The highest BCUT2D eigenvalue weighted by molar-refractivity contribution is 5.95. The summed E-state index contributed by atoms with van der Waals surface area (Å²) in [5.74, 6) is 1.34. The fourth-order valence-electron chi connectivity index (χ4n) is 3.65. The van der Waals surface area contributed by atoms with E-state index in [4.69, 9.17) is 9.47 Å². The molecule has 28 heavy (non-hydrogen) atoms. The van der Waals surface area contributed by atoms with E-state index in [1.54, 1.807) is 30.6 Å². The summed E-state index contributed by atoms with van der Waals surface area (Å²) in [6.45, 7) is 1.57. The Labute approximate surface area is 161 Å². The molecule has 8 heteroatoms. The molecule has 1 amide bonds. The molecule has 142 valence electrons. The quantitative estimate of drug-likeness (QED) is 0.698. The fraction of sp³-hybridized carbons (Fsp3) is 0.300. The molecule has 4 heterocycles. The molecule has 2 aliphatic heterocycles. The van der Waals surface area contributed by atoms with Crippen molar-refractivity contribution < 1.29 is 14.3 Å². The first-order chi connectivity index (χ1) is 13.8. The van der Waals surface area contributed by atoms with Gasteiger partial charge in [0.2, 0.25) is 6.79 Å². The second-order valence-corrected chi connectivity index (χ2v) is 6.92. The number of ether oxygens (including phenoxy) is 2. The lowest BCUT2D eigenvalue weighted by Crippen LogP contribution is -2.39. The van der Waals surface area contributed by atoms with Crippen LogP contribution in [0.4, 0.5) is 0 Å². The monoisotopic (exact) mass is 377 g/mol. The summed E-state index contributed by atoms with van der Waals surface area (Å²) in [5, 5.41) is 8.55. The van der Waals surface area contributed by atoms with Gasteiger partial charge in [0.1, 0.15) is 5.69 Å². The van der Waals surface area contributed by atoms with Gasteiger partial charge in [-0.05, 0) is 43.2 Å². The van der Waals surface area contributed by atoms with Crippen molar-refractivity contribution in [3.8, 4) is 22.8 Å². The highest BCUT2D eigenvalue weighted by atomic mass is 16.7. The number of hydrogen-bond donors (Lipinski definition) is 0. The molecule has 0 aliphatic carbocycles. The van der Waals surface area contributed by atoms with Gasteiger partial charge in [0, 0.05) is 36.6 Å². The maximum absolute atomic E-state index is 12.8. The van der Waals surface area contributed by atoms with Crippen LogP contribution in [0.25, 0.3) is 11.3 Å². The second kappa shape index (κ2) is 6.95. The first kappa shape index (κ1) is 16.7. The number of aromatic nitrogens is 4. The Morgan fingerprint density at radius 3 is 2.79 bits per heavy atom.